The van der Waals surface area contributed by atoms with Crippen LogP contribution in [0, 0.1) is 30.9 Å². The van der Waals surface area contributed by atoms with Gasteiger partial charge in [0.15, 0.2) is 5.52 Å². The number of benzene rings is 1. The predicted molar refractivity (Wildman–Crippen MR) is 109 cm³/mol. The number of aromatic nitrogens is 3. The fourth-order valence-corrected chi connectivity index (χ4v) is 3.78. The molecule has 0 aliphatic carbocycles. The van der Waals surface area contributed by atoms with E-state index in [9.17, 15) is 10.1 Å². The van der Waals surface area contributed by atoms with Crippen LogP contribution in [0.1, 0.15) is 17.2 Å². The lowest BCUT2D eigenvalue weighted by Crippen LogP contribution is -2.47. The number of aryl methyl sites for hydroxylation is 3. The molecule has 1 fully saturated rings. The molecular formula is C20H22N6O2. The lowest BCUT2D eigenvalue weighted by molar-refractivity contribution is -0.383. The minimum Gasteiger partial charge on any atom is -0.367 e. The van der Waals surface area contributed by atoms with Crippen LogP contribution in [0.15, 0.2) is 30.3 Å². The van der Waals surface area contributed by atoms with E-state index in [0.717, 1.165) is 60.3 Å². The number of nitro groups is 1. The number of anilines is 2. The summed E-state index contributed by atoms with van der Waals surface area (Å²) in [5.74, 6) is 1.73. The van der Waals surface area contributed by atoms with Crippen LogP contribution in [0.25, 0.3) is 10.9 Å². The summed E-state index contributed by atoms with van der Waals surface area (Å²) in [5.41, 5.74) is 3.25. The maximum absolute atomic E-state index is 11.4. The van der Waals surface area contributed by atoms with Crippen LogP contribution in [0.2, 0.25) is 0 Å². The van der Waals surface area contributed by atoms with Gasteiger partial charge in [-0.05, 0) is 26.8 Å². The predicted octanol–water partition coefficient (Wildman–Crippen LogP) is 3.18. The van der Waals surface area contributed by atoms with Gasteiger partial charge in [-0.15, -0.1) is 0 Å². The molecule has 3 heterocycles. The lowest BCUT2D eigenvalue weighted by Gasteiger charge is -2.37. The van der Waals surface area contributed by atoms with Crippen molar-refractivity contribution in [3.63, 3.8) is 0 Å². The summed E-state index contributed by atoms with van der Waals surface area (Å²) in [7, 11) is 0. The molecule has 1 aromatic carbocycles. The van der Waals surface area contributed by atoms with Gasteiger partial charge in [-0.25, -0.2) is 15.0 Å². The fraction of sp³-hybridized carbons (Fsp3) is 0.350. The number of fused-ring (bicyclic) bond motifs is 1. The molecule has 0 spiro atoms. The highest BCUT2D eigenvalue weighted by Crippen LogP contribution is 2.32. The maximum Gasteiger partial charge on any atom is 0.295 e. The summed E-state index contributed by atoms with van der Waals surface area (Å²) >= 11 is 0. The van der Waals surface area contributed by atoms with Gasteiger partial charge in [0.1, 0.15) is 11.6 Å². The molecular weight excluding hydrogens is 356 g/mol. The Kier molecular flexibility index (Phi) is 4.54. The monoisotopic (exact) mass is 378 g/mol. The lowest BCUT2D eigenvalue weighted by atomic mass is 10.1. The summed E-state index contributed by atoms with van der Waals surface area (Å²) in [6, 6.07) is 9.17. The highest BCUT2D eigenvalue weighted by molar-refractivity contribution is 5.97. The van der Waals surface area contributed by atoms with E-state index in [1.54, 1.807) is 6.07 Å². The largest absolute Gasteiger partial charge is 0.367 e. The van der Waals surface area contributed by atoms with Crippen LogP contribution in [0.5, 0.6) is 0 Å². The van der Waals surface area contributed by atoms with Crippen molar-refractivity contribution in [2.24, 2.45) is 0 Å². The first kappa shape index (κ1) is 18.1. The van der Waals surface area contributed by atoms with Crippen LogP contribution >= 0.6 is 0 Å². The van der Waals surface area contributed by atoms with Gasteiger partial charge in [0.25, 0.3) is 5.69 Å². The van der Waals surface area contributed by atoms with Crippen molar-refractivity contribution < 1.29 is 4.92 Å². The Morgan fingerprint density at radius 1 is 0.929 bits per heavy atom. The number of pyridine rings is 1. The Labute approximate surface area is 163 Å². The molecule has 2 aromatic heterocycles. The molecule has 1 saturated heterocycles. The Balaban J connectivity index is 1.64. The Morgan fingerprint density at radius 3 is 2.29 bits per heavy atom. The van der Waals surface area contributed by atoms with Gasteiger partial charge >= 0.3 is 0 Å². The molecule has 8 heteroatoms. The molecule has 3 aromatic rings. The molecule has 0 bridgehead atoms. The first-order chi connectivity index (χ1) is 13.4. The number of para-hydroxylation sites is 1. The maximum atomic E-state index is 11.4. The van der Waals surface area contributed by atoms with Crippen molar-refractivity contribution in [2.45, 2.75) is 20.8 Å². The third kappa shape index (κ3) is 3.33. The van der Waals surface area contributed by atoms with E-state index in [1.165, 1.54) is 6.07 Å². The van der Waals surface area contributed by atoms with Gasteiger partial charge in [-0.3, -0.25) is 10.1 Å². The molecule has 0 amide bonds. The number of hydrogen-bond acceptors (Lipinski definition) is 7. The molecule has 8 nitrogen and oxygen atoms in total. The Bertz CT molecular complexity index is 1040. The second-order valence-electron chi connectivity index (χ2n) is 7.10. The normalized spacial score (nSPS) is 14.5. The summed E-state index contributed by atoms with van der Waals surface area (Å²) in [4.78, 5) is 28.9. The molecule has 0 atom stereocenters. The van der Waals surface area contributed by atoms with Crippen molar-refractivity contribution in [1.29, 1.82) is 0 Å². The first-order valence-electron chi connectivity index (χ1n) is 9.29. The van der Waals surface area contributed by atoms with E-state index < -0.39 is 0 Å². The molecule has 0 unspecified atom stereocenters. The number of hydrogen-bond donors (Lipinski definition) is 0. The van der Waals surface area contributed by atoms with Gasteiger partial charge in [0.2, 0.25) is 0 Å². The zero-order chi connectivity index (χ0) is 19.8. The van der Waals surface area contributed by atoms with Gasteiger partial charge in [0, 0.05) is 60.8 Å². The van der Waals surface area contributed by atoms with Crippen LogP contribution in [0.4, 0.5) is 17.2 Å². The fourth-order valence-electron chi connectivity index (χ4n) is 3.78. The highest BCUT2D eigenvalue weighted by atomic mass is 16.6. The van der Waals surface area contributed by atoms with Crippen LogP contribution < -0.4 is 9.80 Å². The van der Waals surface area contributed by atoms with Gasteiger partial charge in [-0.1, -0.05) is 12.1 Å². The minimum absolute atomic E-state index is 0.0491. The van der Waals surface area contributed by atoms with Crippen molar-refractivity contribution in [2.75, 3.05) is 36.0 Å². The highest BCUT2D eigenvalue weighted by Gasteiger charge is 2.23. The molecule has 0 saturated carbocycles. The summed E-state index contributed by atoms with van der Waals surface area (Å²) in [6.07, 6.45) is 0. The van der Waals surface area contributed by atoms with Crippen LogP contribution in [0.3, 0.4) is 0 Å². The number of non-ortho nitro benzene ring substituents is 1. The topological polar surface area (TPSA) is 88.3 Å². The quantitative estimate of drug-likeness (QED) is 0.511. The smallest absolute Gasteiger partial charge is 0.295 e. The Hall–Kier alpha value is -3.29. The van der Waals surface area contributed by atoms with Crippen molar-refractivity contribution >= 4 is 28.1 Å². The van der Waals surface area contributed by atoms with Gasteiger partial charge in [0.05, 0.1) is 4.92 Å². The van der Waals surface area contributed by atoms with Crippen molar-refractivity contribution in [3.8, 4) is 0 Å². The number of rotatable bonds is 3. The second kappa shape index (κ2) is 7.03. The molecule has 1 aliphatic heterocycles. The summed E-state index contributed by atoms with van der Waals surface area (Å²) in [5, 5.41) is 12.2. The average molecular weight is 378 g/mol. The third-order valence-electron chi connectivity index (χ3n) is 5.02. The van der Waals surface area contributed by atoms with Gasteiger partial charge in [-0.2, -0.15) is 0 Å². The summed E-state index contributed by atoms with van der Waals surface area (Å²) < 4.78 is 0. The molecule has 1 aliphatic rings. The molecule has 4 rings (SSSR count). The molecule has 28 heavy (non-hydrogen) atoms. The molecule has 144 valence electrons. The van der Waals surface area contributed by atoms with Gasteiger partial charge < -0.3 is 9.80 Å². The zero-order valence-corrected chi connectivity index (χ0v) is 16.2. The van der Waals surface area contributed by atoms with E-state index in [1.807, 2.05) is 39.0 Å². The van der Waals surface area contributed by atoms with E-state index in [0.29, 0.717) is 5.52 Å². The summed E-state index contributed by atoms with van der Waals surface area (Å²) in [6.45, 7) is 9.04. The molecule has 0 N–H and O–H groups in total. The zero-order valence-electron chi connectivity index (χ0n) is 16.2. The SMILES string of the molecule is Cc1cc(N2CCN(c3cc(C)nc4c([N+](=O)[O-])cccc34)CC2)nc(C)n1. The molecule has 0 radical (unpaired) electrons. The van der Waals surface area contributed by atoms with Crippen molar-refractivity contribution in [3.05, 3.63) is 57.7 Å². The number of nitrogens with zero attached hydrogens (tertiary/aromatic N) is 6. The van der Waals surface area contributed by atoms with E-state index in [4.69, 9.17) is 0 Å². The van der Waals surface area contributed by atoms with Crippen LogP contribution in [-0.2, 0) is 0 Å². The van der Waals surface area contributed by atoms with E-state index in [-0.39, 0.29) is 10.6 Å². The van der Waals surface area contributed by atoms with E-state index >= 15 is 0 Å². The third-order valence-corrected chi connectivity index (χ3v) is 5.02. The Morgan fingerprint density at radius 2 is 1.61 bits per heavy atom. The first-order valence-corrected chi connectivity index (χ1v) is 9.29. The second-order valence-corrected chi connectivity index (χ2v) is 7.10. The van der Waals surface area contributed by atoms with Crippen molar-refractivity contribution in [1.82, 2.24) is 15.0 Å². The van der Waals surface area contributed by atoms with E-state index in [2.05, 4.69) is 24.8 Å². The van der Waals surface area contributed by atoms with Crippen LogP contribution in [-0.4, -0.2) is 46.1 Å². The number of piperazine rings is 1. The average Bonchev–Trinajstić information content (AvgIpc) is 2.66. The standard InChI is InChI=1S/C20H22N6O2/c1-13-11-18(16-5-4-6-17(26(27)28)20(16)22-13)24-7-9-25(10-8-24)19-12-14(2)21-15(3)23-19/h4-6,11-12H,7-10H2,1-3H3. The number of nitro benzene ring substituents is 1. The minimum atomic E-state index is -0.365.